The summed E-state index contributed by atoms with van der Waals surface area (Å²) in [7, 11) is -3.96. The second kappa shape index (κ2) is 17.3. The van der Waals surface area contributed by atoms with Crippen LogP contribution in [0.2, 0.25) is 0 Å². The maximum absolute atomic E-state index is 11.7. The van der Waals surface area contributed by atoms with Gasteiger partial charge < -0.3 is 4.74 Å². The second-order valence-corrected chi connectivity index (χ2v) is 7.90. The molecule has 1 atom stereocenters. The highest BCUT2D eigenvalue weighted by atomic mass is 32.3. The van der Waals surface area contributed by atoms with Crippen molar-refractivity contribution in [2.45, 2.75) is 111 Å². The summed E-state index contributed by atoms with van der Waals surface area (Å²) in [6, 6.07) is 0. The first kappa shape index (κ1) is 24.8. The van der Waals surface area contributed by atoms with Crippen LogP contribution in [-0.2, 0) is 23.5 Å². The van der Waals surface area contributed by atoms with Crippen LogP contribution in [0, 0.1) is 0 Å². The Morgan fingerprint density at radius 1 is 0.680 bits per heavy atom. The Morgan fingerprint density at radius 2 is 1.12 bits per heavy atom. The number of hydrogen-bond donors (Lipinski definition) is 0. The summed E-state index contributed by atoms with van der Waals surface area (Å²) in [5, 5.41) is 0. The minimum absolute atomic E-state index is 0.182. The van der Waals surface area contributed by atoms with Crippen molar-refractivity contribution in [1.29, 1.82) is 0 Å². The number of unbranched alkanes of at least 4 members (excludes halogenated alkanes) is 11. The summed E-state index contributed by atoms with van der Waals surface area (Å²) in [5.41, 5.74) is 0. The van der Waals surface area contributed by atoms with Crippen LogP contribution in [0.25, 0.3) is 0 Å². The van der Waals surface area contributed by atoms with Gasteiger partial charge >= 0.3 is 10.4 Å². The second-order valence-electron chi connectivity index (χ2n) is 6.65. The molecule has 0 fully saturated rings. The summed E-state index contributed by atoms with van der Waals surface area (Å²) < 4.78 is 38.3. The highest BCUT2D eigenvalue weighted by Gasteiger charge is 2.17. The van der Waals surface area contributed by atoms with Gasteiger partial charge in [0.15, 0.2) is 6.29 Å². The normalized spacial score (nSPS) is 13.2. The minimum atomic E-state index is -3.96. The molecule has 0 spiro atoms. The maximum atomic E-state index is 11.7. The summed E-state index contributed by atoms with van der Waals surface area (Å²) in [4.78, 5) is 0. The van der Waals surface area contributed by atoms with Crippen LogP contribution in [-0.4, -0.2) is 27.9 Å². The molecule has 0 N–H and O–H groups in total. The van der Waals surface area contributed by atoms with Crippen molar-refractivity contribution >= 4 is 10.4 Å². The summed E-state index contributed by atoms with van der Waals surface area (Å²) in [6.07, 6.45) is 14.3. The zero-order chi connectivity index (χ0) is 18.8. The van der Waals surface area contributed by atoms with E-state index in [1.54, 1.807) is 6.92 Å². The van der Waals surface area contributed by atoms with E-state index in [0.717, 1.165) is 38.5 Å². The van der Waals surface area contributed by atoms with E-state index < -0.39 is 16.7 Å². The monoisotopic (exact) mass is 380 g/mol. The molecule has 25 heavy (non-hydrogen) atoms. The maximum Gasteiger partial charge on any atom is 0.402 e. The van der Waals surface area contributed by atoms with E-state index in [-0.39, 0.29) is 6.61 Å². The van der Waals surface area contributed by atoms with Gasteiger partial charge in [-0.25, -0.2) is 8.37 Å². The number of hydrogen-bond acceptors (Lipinski definition) is 5. The Labute approximate surface area is 156 Å². The molecule has 0 saturated heterocycles. The van der Waals surface area contributed by atoms with E-state index >= 15 is 0 Å². The fraction of sp³-hybridized carbons (Fsp3) is 1.00. The van der Waals surface area contributed by atoms with Crippen molar-refractivity contribution in [3.63, 3.8) is 0 Å². The van der Waals surface area contributed by atoms with Gasteiger partial charge in [-0.1, -0.05) is 84.5 Å². The molecule has 0 rings (SSSR count). The van der Waals surface area contributed by atoms with E-state index in [2.05, 4.69) is 13.8 Å². The van der Waals surface area contributed by atoms with Gasteiger partial charge in [0.2, 0.25) is 0 Å². The molecule has 0 radical (unpaired) electrons. The molecule has 0 aromatic rings. The van der Waals surface area contributed by atoms with Crippen molar-refractivity contribution in [1.82, 2.24) is 0 Å². The molecule has 0 saturated carbocycles. The molecule has 0 heterocycles. The summed E-state index contributed by atoms with van der Waals surface area (Å²) in [5.74, 6) is 0. The lowest BCUT2D eigenvalue weighted by Crippen LogP contribution is -2.21. The average Bonchev–Trinajstić information content (AvgIpc) is 2.56. The molecular weight excluding hydrogens is 340 g/mol. The zero-order valence-corrected chi connectivity index (χ0v) is 17.4. The molecule has 0 aliphatic carbocycles. The largest absolute Gasteiger partial charge is 0.402 e. The highest BCUT2D eigenvalue weighted by molar-refractivity contribution is 7.81. The lowest BCUT2D eigenvalue weighted by Gasteiger charge is -2.13. The molecule has 0 bridgehead atoms. The van der Waals surface area contributed by atoms with Crippen molar-refractivity contribution in [3.8, 4) is 0 Å². The first-order valence-corrected chi connectivity index (χ1v) is 11.5. The van der Waals surface area contributed by atoms with Crippen LogP contribution >= 0.6 is 0 Å². The van der Waals surface area contributed by atoms with Crippen LogP contribution in [0.3, 0.4) is 0 Å². The average molecular weight is 381 g/mol. The van der Waals surface area contributed by atoms with Crippen molar-refractivity contribution in [2.24, 2.45) is 0 Å². The van der Waals surface area contributed by atoms with Gasteiger partial charge in [-0.15, -0.1) is 0 Å². The molecular formula is C19H40O5S. The first-order chi connectivity index (χ1) is 12.0. The van der Waals surface area contributed by atoms with E-state index in [0.29, 0.717) is 6.61 Å². The van der Waals surface area contributed by atoms with Crippen LogP contribution in [0.5, 0.6) is 0 Å². The van der Waals surface area contributed by atoms with Crippen LogP contribution in [0.4, 0.5) is 0 Å². The Bertz CT molecular complexity index is 370. The number of rotatable bonds is 19. The van der Waals surface area contributed by atoms with Crippen LogP contribution in [0.15, 0.2) is 0 Å². The smallest absolute Gasteiger partial charge is 0.352 e. The van der Waals surface area contributed by atoms with Crippen LogP contribution < -0.4 is 0 Å². The molecule has 5 nitrogen and oxygen atoms in total. The third-order valence-corrected chi connectivity index (χ3v) is 5.04. The van der Waals surface area contributed by atoms with Crippen molar-refractivity contribution in [2.75, 3.05) is 13.2 Å². The van der Waals surface area contributed by atoms with E-state index in [1.807, 2.05) is 0 Å². The van der Waals surface area contributed by atoms with Crippen molar-refractivity contribution in [3.05, 3.63) is 0 Å². The molecule has 0 aromatic carbocycles. The molecule has 0 amide bonds. The van der Waals surface area contributed by atoms with Gasteiger partial charge in [-0.3, -0.25) is 0 Å². The third kappa shape index (κ3) is 18.4. The van der Waals surface area contributed by atoms with E-state index in [1.165, 1.54) is 44.9 Å². The van der Waals surface area contributed by atoms with Gasteiger partial charge in [0, 0.05) is 6.61 Å². The minimum Gasteiger partial charge on any atom is -0.352 e. The molecule has 152 valence electrons. The van der Waals surface area contributed by atoms with Crippen LogP contribution in [0.1, 0.15) is 104 Å². The van der Waals surface area contributed by atoms with Crippen molar-refractivity contribution < 1.29 is 21.5 Å². The molecule has 0 aliphatic heterocycles. The lowest BCUT2D eigenvalue weighted by atomic mass is 10.1. The topological polar surface area (TPSA) is 61.8 Å². The predicted octanol–water partition coefficient (Wildman–Crippen LogP) is 5.74. The van der Waals surface area contributed by atoms with Gasteiger partial charge in [-0.05, 0) is 19.8 Å². The number of ether oxygens (including phenoxy) is 1. The van der Waals surface area contributed by atoms with Gasteiger partial charge in [0.05, 0.1) is 6.61 Å². The zero-order valence-electron chi connectivity index (χ0n) is 16.6. The Hall–Kier alpha value is -0.170. The van der Waals surface area contributed by atoms with Gasteiger partial charge in [-0.2, -0.15) is 8.42 Å². The molecule has 6 heteroatoms. The molecule has 0 aromatic heterocycles. The predicted molar refractivity (Wildman–Crippen MR) is 103 cm³/mol. The molecule has 1 unspecified atom stereocenters. The fourth-order valence-electron chi connectivity index (χ4n) is 2.57. The fourth-order valence-corrected chi connectivity index (χ4v) is 3.34. The Kier molecular flexibility index (Phi) is 17.1. The van der Waals surface area contributed by atoms with E-state index in [9.17, 15) is 8.42 Å². The first-order valence-electron chi connectivity index (χ1n) is 10.2. The van der Waals surface area contributed by atoms with Gasteiger partial charge in [0.25, 0.3) is 0 Å². The lowest BCUT2D eigenvalue weighted by molar-refractivity contribution is -0.0711. The summed E-state index contributed by atoms with van der Waals surface area (Å²) in [6.45, 7) is 6.60. The summed E-state index contributed by atoms with van der Waals surface area (Å²) >= 11 is 0. The molecule has 0 aliphatic rings. The SMILES string of the molecule is CCCCCCCCCCCCOS(=O)(=O)OC(C)OCCCCC. The third-order valence-electron chi connectivity index (χ3n) is 4.08. The Balaban J connectivity index is 3.50. The standard InChI is InChI=1S/C19H40O5S/c1-4-6-8-9-10-11-12-13-14-16-18-23-25(20,21)24-19(3)22-17-15-7-5-2/h19H,4-18H2,1-3H3. The van der Waals surface area contributed by atoms with E-state index in [4.69, 9.17) is 13.1 Å². The Morgan fingerprint density at radius 3 is 1.68 bits per heavy atom. The highest BCUT2D eigenvalue weighted by Crippen LogP contribution is 2.11. The quantitative estimate of drug-likeness (QED) is 0.211. The van der Waals surface area contributed by atoms with Gasteiger partial charge in [0.1, 0.15) is 0 Å².